The fourth-order valence-corrected chi connectivity index (χ4v) is 7.82. The van der Waals surface area contributed by atoms with Gasteiger partial charge in [-0.3, -0.25) is 4.79 Å². The molecule has 4 aliphatic carbocycles. The van der Waals surface area contributed by atoms with E-state index in [0.717, 1.165) is 56.8 Å². The van der Waals surface area contributed by atoms with E-state index < -0.39 is 0 Å². The molecular formula is C22H34O3. The number of carbonyl (C=O) groups excluding carboxylic acids is 1. The Hall–Kier alpha value is -0.410. The van der Waals surface area contributed by atoms with Crippen molar-refractivity contribution >= 4 is 5.78 Å². The van der Waals surface area contributed by atoms with Gasteiger partial charge in [0.1, 0.15) is 5.78 Å². The summed E-state index contributed by atoms with van der Waals surface area (Å²) in [6, 6.07) is 0. The van der Waals surface area contributed by atoms with Crippen LogP contribution in [0.1, 0.15) is 71.6 Å². The van der Waals surface area contributed by atoms with Crippen LogP contribution in [0.15, 0.2) is 0 Å². The molecule has 3 heteroatoms. The first-order valence-electron chi connectivity index (χ1n) is 10.8. The van der Waals surface area contributed by atoms with Gasteiger partial charge < -0.3 is 9.47 Å². The second-order valence-electron chi connectivity index (χ2n) is 10.1. The van der Waals surface area contributed by atoms with E-state index in [9.17, 15) is 4.79 Å². The van der Waals surface area contributed by atoms with Gasteiger partial charge in [-0.25, -0.2) is 0 Å². The molecule has 4 saturated carbocycles. The van der Waals surface area contributed by atoms with Crippen LogP contribution in [0.4, 0.5) is 0 Å². The average Bonchev–Trinajstić information content (AvgIpc) is 3.30. The Labute approximate surface area is 152 Å². The molecule has 0 aromatic carbocycles. The van der Waals surface area contributed by atoms with Crippen molar-refractivity contribution in [1.29, 1.82) is 0 Å². The van der Waals surface area contributed by atoms with E-state index in [-0.39, 0.29) is 11.0 Å². The van der Waals surface area contributed by atoms with Gasteiger partial charge >= 0.3 is 0 Å². The number of rotatable bonds is 3. The highest BCUT2D eigenvalue weighted by Crippen LogP contribution is 2.67. The van der Waals surface area contributed by atoms with Crippen molar-refractivity contribution < 1.29 is 14.3 Å². The minimum absolute atomic E-state index is 0.00367. The monoisotopic (exact) mass is 346 g/mol. The molecule has 1 saturated heterocycles. The lowest BCUT2D eigenvalue weighted by molar-refractivity contribution is -0.159. The molecule has 0 aromatic heterocycles. The van der Waals surface area contributed by atoms with E-state index >= 15 is 0 Å². The molecule has 0 amide bonds. The van der Waals surface area contributed by atoms with Crippen molar-refractivity contribution in [1.82, 2.24) is 0 Å². The van der Waals surface area contributed by atoms with Crippen LogP contribution in [0, 0.1) is 34.5 Å². The molecule has 0 unspecified atom stereocenters. The summed E-state index contributed by atoms with van der Waals surface area (Å²) < 4.78 is 12.0. The van der Waals surface area contributed by atoms with Crippen LogP contribution in [0.3, 0.4) is 0 Å². The van der Waals surface area contributed by atoms with Gasteiger partial charge in [-0.1, -0.05) is 6.92 Å². The molecule has 1 heterocycles. The van der Waals surface area contributed by atoms with Gasteiger partial charge in [-0.2, -0.15) is 0 Å². The number of Topliss-reactive ketones (excluding diaryl/α,β-unsaturated/α-hetero) is 1. The first kappa shape index (κ1) is 16.7. The van der Waals surface area contributed by atoms with Crippen LogP contribution in [0.25, 0.3) is 0 Å². The largest absolute Gasteiger partial charge is 0.381 e. The van der Waals surface area contributed by atoms with Gasteiger partial charge in [0.2, 0.25) is 0 Å². The summed E-state index contributed by atoms with van der Waals surface area (Å²) in [6.07, 6.45) is 10.8. The third-order valence-corrected chi connectivity index (χ3v) is 9.34. The Morgan fingerprint density at radius 3 is 2.72 bits per heavy atom. The van der Waals surface area contributed by atoms with Gasteiger partial charge in [0.05, 0.1) is 18.8 Å². The van der Waals surface area contributed by atoms with Crippen molar-refractivity contribution in [3.8, 4) is 0 Å². The number of hydrogen-bond donors (Lipinski definition) is 0. The Morgan fingerprint density at radius 1 is 1.12 bits per heavy atom. The van der Waals surface area contributed by atoms with Gasteiger partial charge in [0, 0.05) is 18.4 Å². The summed E-state index contributed by atoms with van der Waals surface area (Å²) in [5.74, 6) is 3.52. The summed E-state index contributed by atoms with van der Waals surface area (Å²) in [4.78, 5) is 12.6. The van der Waals surface area contributed by atoms with Crippen molar-refractivity contribution in [3.63, 3.8) is 0 Å². The minimum Gasteiger partial charge on any atom is -0.381 e. The van der Waals surface area contributed by atoms with E-state index in [2.05, 4.69) is 13.8 Å². The highest BCUT2D eigenvalue weighted by molar-refractivity contribution is 5.87. The zero-order valence-corrected chi connectivity index (χ0v) is 16.0. The number of ether oxygens (including phenoxy) is 2. The maximum Gasteiger partial charge on any atom is 0.139 e. The molecule has 3 nitrogen and oxygen atoms in total. The van der Waals surface area contributed by atoms with E-state index in [4.69, 9.17) is 9.47 Å². The number of hydrogen-bond acceptors (Lipinski definition) is 3. The molecule has 0 radical (unpaired) electrons. The average molecular weight is 347 g/mol. The first-order valence-corrected chi connectivity index (χ1v) is 10.8. The maximum atomic E-state index is 12.6. The number of ketones is 1. The lowest BCUT2D eigenvalue weighted by atomic mass is 9.44. The van der Waals surface area contributed by atoms with Gasteiger partial charge in [0.15, 0.2) is 0 Å². The Morgan fingerprint density at radius 2 is 1.96 bits per heavy atom. The lowest BCUT2D eigenvalue weighted by Crippen LogP contribution is -2.57. The minimum atomic E-state index is -0.00367. The molecule has 25 heavy (non-hydrogen) atoms. The molecule has 5 aliphatic rings. The maximum absolute atomic E-state index is 12.6. The highest BCUT2D eigenvalue weighted by Gasteiger charge is 2.64. The summed E-state index contributed by atoms with van der Waals surface area (Å²) in [5, 5.41) is 0. The Balaban J connectivity index is 1.46. The number of carbonyl (C=O) groups is 1. The molecule has 1 spiro atoms. The van der Waals surface area contributed by atoms with E-state index in [1.54, 1.807) is 0 Å². The van der Waals surface area contributed by atoms with E-state index in [1.165, 1.54) is 38.5 Å². The third kappa shape index (κ3) is 2.27. The standard InChI is InChI=1S/C22H34O3/c1-3-24-14-22-11-10-21(13-25-21)12-15(22)4-5-16-17-6-7-19(23)20(17,2)9-8-18(16)22/h15-18H,3-14H2,1-2H3/t15-,16-,17-,18-,20-,21+,22+/m0/s1. The molecule has 5 rings (SSSR count). The first-order chi connectivity index (χ1) is 12.0. The second-order valence-corrected chi connectivity index (χ2v) is 10.1. The molecule has 7 atom stereocenters. The highest BCUT2D eigenvalue weighted by atomic mass is 16.6. The van der Waals surface area contributed by atoms with Crippen molar-refractivity contribution in [2.45, 2.75) is 77.2 Å². The molecular weight excluding hydrogens is 312 g/mol. The van der Waals surface area contributed by atoms with Gasteiger partial charge in [-0.05, 0) is 87.4 Å². The predicted octanol–water partition coefficient (Wildman–Crippen LogP) is 4.38. The van der Waals surface area contributed by atoms with Crippen molar-refractivity contribution in [3.05, 3.63) is 0 Å². The smallest absolute Gasteiger partial charge is 0.139 e. The van der Waals surface area contributed by atoms with Crippen LogP contribution in [0.2, 0.25) is 0 Å². The molecule has 0 N–H and O–H groups in total. The zero-order valence-electron chi connectivity index (χ0n) is 16.0. The third-order valence-electron chi connectivity index (χ3n) is 9.34. The van der Waals surface area contributed by atoms with Crippen LogP contribution < -0.4 is 0 Å². The SMILES string of the molecule is CCOC[C@]12CC[C@]3(CO3)C[C@@H]1CC[C@@H]1[C@@H]2CC[C@]2(C)C(=O)CC[C@@H]12. The van der Waals surface area contributed by atoms with Gasteiger partial charge in [-0.15, -0.1) is 0 Å². The van der Waals surface area contributed by atoms with Crippen LogP contribution in [0.5, 0.6) is 0 Å². The zero-order chi connectivity index (χ0) is 17.3. The fourth-order valence-electron chi connectivity index (χ4n) is 7.82. The Bertz CT molecular complexity index is 568. The lowest BCUT2D eigenvalue weighted by Gasteiger charge is -2.61. The summed E-state index contributed by atoms with van der Waals surface area (Å²) in [6.45, 7) is 7.19. The molecule has 140 valence electrons. The molecule has 1 aliphatic heterocycles. The summed E-state index contributed by atoms with van der Waals surface area (Å²) >= 11 is 0. The quantitative estimate of drug-likeness (QED) is 0.712. The topological polar surface area (TPSA) is 38.8 Å². The second kappa shape index (κ2) is 5.55. The molecule has 0 aromatic rings. The predicted molar refractivity (Wildman–Crippen MR) is 96.2 cm³/mol. The fraction of sp³-hybridized carbons (Fsp3) is 0.955. The summed E-state index contributed by atoms with van der Waals surface area (Å²) in [7, 11) is 0. The molecule has 0 bridgehead atoms. The number of fused-ring (bicyclic) bond motifs is 5. The van der Waals surface area contributed by atoms with Crippen LogP contribution >= 0.6 is 0 Å². The van der Waals surface area contributed by atoms with E-state index in [0.29, 0.717) is 17.1 Å². The van der Waals surface area contributed by atoms with Crippen molar-refractivity contribution in [2.24, 2.45) is 34.5 Å². The molecule has 5 fully saturated rings. The van der Waals surface area contributed by atoms with Crippen molar-refractivity contribution in [2.75, 3.05) is 19.8 Å². The van der Waals surface area contributed by atoms with Gasteiger partial charge in [0.25, 0.3) is 0 Å². The summed E-state index contributed by atoms with van der Waals surface area (Å²) in [5.41, 5.74) is 0.610. The Kier molecular flexibility index (Phi) is 3.71. The normalized spacial score (nSPS) is 54.1. The van der Waals surface area contributed by atoms with E-state index in [1.807, 2.05) is 0 Å². The number of epoxide rings is 1. The van der Waals surface area contributed by atoms with Crippen LogP contribution in [-0.4, -0.2) is 31.2 Å². The van der Waals surface area contributed by atoms with Crippen LogP contribution in [-0.2, 0) is 14.3 Å².